The van der Waals surface area contributed by atoms with Crippen LogP contribution < -0.4 is 10.9 Å². The molecule has 7 nitrogen and oxygen atoms in total. The minimum absolute atomic E-state index is 0.136. The molecule has 1 unspecified atom stereocenters. The zero-order valence-electron chi connectivity index (χ0n) is 12.3. The molecule has 3 rings (SSSR count). The van der Waals surface area contributed by atoms with Gasteiger partial charge in [-0.25, -0.2) is 9.97 Å². The number of hydrogen-bond acceptors (Lipinski definition) is 6. The van der Waals surface area contributed by atoms with Gasteiger partial charge in [0.25, 0.3) is 5.56 Å². The molecule has 23 heavy (non-hydrogen) atoms. The molecule has 0 aliphatic rings. The van der Waals surface area contributed by atoms with Crippen LogP contribution in [0.5, 0.6) is 0 Å². The van der Waals surface area contributed by atoms with Gasteiger partial charge in [0.05, 0.1) is 17.5 Å². The summed E-state index contributed by atoms with van der Waals surface area (Å²) in [5.74, 6) is 0.288. The SMILES string of the molecule is Cn1cnc2cc(Cl)nc(NCC(O)c3ccccn3)c2c1=O. The van der Waals surface area contributed by atoms with E-state index in [2.05, 4.69) is 20.3 Å². The first kappa shape index (κ1) is 15.4. The van der Waals surface area contributed by atoms with Crippen LogP contribution in [0.3, 0.4) is 0 Å². The third-order valence-corrected chi connectivity index (χ3v) is 3.56. The Morgan fingerprint density at radius 1 is 1.39 bits per heavy atom. The lowest BCUT2D eigenvalue weighted by Crippen LogP contribution is -2.21. The number of aliphatic hydroxyl groups is 1. The van der Waals surface area contributed by atoms with Gasteiger partial charge in [-0.2, -0.15) is 0 Å². The Labute approximate surface area is 136 Å². The maximum absolute atomic E-state index is 12.3. The Balaban J connectivity index is 1.94. The van der Waals surface area contributed by atoms with Crippen LogP contribution in [0.1, 0.15) is 11.8 Å². The summed E-state index contributed by atoms with van der Waals surface area (Å²) in [6.45, 7) is 0.136. The van der Waals surface area contributed by atoms with E-state index < -0.39 is 6.10 Å². The molecule has 3 aromatic heterocycles. The molecule has 0 saturated carbocycles. The number of aromatic nitrogens is 4. The summed E-state index contributed by atoms with van der Waals surface area (Å²) >= 11 is 5.97. The first-order valence-corrected chi connectivity index (χ1v) is 7.29. The van der Waals surface area contributed by atoms with E-state index >= 15 is 0 Å². The van der Waals surface area contributed by atoms with Crippen LogP contribution in [0.25, 0.3) is 10.9 Å². The Morgan fingerprint density at radius 2 is 2.22 bits per heavy atom. The third-order valence-electron chi connectivity index (χ3n) is 3.36. The van der Waals surface area contributed by atoms with Gasteiger partial charge in [-0.3, -0.25) is 9.78 Å². The first-order valence-electron chi connectivity index (χ1n) is 6.91. The highest BCUT2D eigenvalue weighted by Crippen LogP contribution is 2.21. The number of nitrogens with zero attached hydrogens (tertiary/aromatic N) is 4. The van der Waals surface area contributed by atoms with E-state index in [4.69, 9.17) is 11.6 Å². The second-order valence-electron chi connectivity index (χ2n) is 5.00. The summed E-state index contributed by atoms with van der Waals surface area (Å²) in [6, 6.07) is 6.80. The van der Waals surface area contributed by atoms with Crippen molar-refractivity contribution in [3.8, 4) is 0 Å². The van der Waals surface area contributed by atoms with Crippen molar-refractivity contribution < 1.29 is 5.11 Å². The Hall–Kier alpha value is -2.51. The second-order valence-corrected chi connectivity index (χ2v) is 5.39. The number of aryl methyl sites for hydroxylation is 1. The quantitative estimate of drug-likeness (QED) is 0.704. The van der Waals surface area contributed by atoms with Crippen molar-refractivity contribution in [3.05, 3.63) is 58.0 Å². The van der Waals surface area contributed by atoms with Gasteiger partial charge in [0, 0.05) is 25.9 Å². The van der Waals surface area contributed by atoms with Crippen LogP contribution in [0, 0.1) is 0 Å². The largest absolute Gasteiger partial charge is 0.385 e. The van der Waals surface area contributed by atoms with Crippen molar-refractivity contribution in [1.29, 1.82) is 0 Å². The summed E-state index contributed by atoms with van der Waals surface area (Å²) in [6.07, 6.45) is 2.19. The zero-order valence-corrected chi connectivity index (χ0v) is 13.0. The molecule has 118 valence electrons. The van der Waals surface area contributed by atoms with Crippen LogP contribution in [-0.2, 0) is 7.05 Å². The maximum Gasteiger partial charge on any atom is 0.264 e. The number of hydrogen-bond donors (Lipinski definition) is 2. The lowest BCUT2D eigenvalue weighted by molar-refractivity contribution is 0.186. The third kappa shape index (κ3) is 3.15. The Bertz CT molecular complexity index is 898. The van der Waals surface area contributed by atoms with Gasteiger partial charge in [0.1, 0.15) is 22.5 Å². The van der Waals surface area contributed by atoms with E-state index in [-0.39, 0.29) is 23.1 Å². The van der Waals surface area contributed by atoms with Crippen molar-refractivity contribution in [3.63, 3.8) is 0 Å². The standard InChI is InChI=1S/C15H14ClN5O2/c1-21-8-19-10-6-12(16)20-14(13(10)15(21)23)18-7-11(22)9-4-2-3-5-17-9/h2-6,8,11,22H,7H2,1H3,(H,18,20). The molecule has 0 bridgehead atoms. The van der Waals surface area contributed by atoms with Crippen LogP contribution in [0.4, 0.5) is 5.82 Å². The lowest BCUT2D eigenvalue weighted by Gasteiger charge is -2.13. The molecule has 1 atom stereocenters. The molecule has 0 aromatic carbocycles. The Kier molecular flexibility index (Phi) is 4.22. The normalized spacial score (nSPS) is 12.3. The van der Waals surface area contributed by atoms with Gasteiger partial charge in [0.2, 0.25) is 0 Å². The van der Waals surface area contributed by atoms with E-state index in [1.807, 2.05) is 0 Å². The van der Waals surface area contributed by atoms with Crippen LogP contribution in [0.15, 0.2) is 41.6 Å². The van der Waals surface area contributed by atoms with Gasteiger partial charge >= 0.3 is 0 Å². The fourth-order valence-electron chi connectivity index (χ4n) is 2.19. The van der Waals surface area contributed by atoms with Crippen molar-refractivity contribution >= 4 is 28.3 Å². The van der Waals surface area contributed by atoms with Gasteiger partial charge in [-0.15, -0.1) is 0 Å². The van der Waals surface area contributed by atoms with Crippen molar-refractivity contribution in [2.24, 2.45) is 7.05 Å². The van der Waals surface area contributed by atoms with E-state index in [0.717, 1.165) is 0 Å². The van der Waals surface area contributed by atoms with Gasteiger partial charge in [-0.1, -0.05) is 17.7 Å². The van der Waals surface area contributed by atoms with E-state index in [9.17, 15) is 9.90 Å². The van der Waals surface area contributed by atoms with Crippen molar-refractivity contribution in [2.75, 3.05) is 11.9 Å². The summed E-state index contributed by atoms with van der Waals surface area (Å²) in [7, 11) is 1.61. The number of pyridine rings is 2. The molecule has 3 heterocycles. The predicted octanol–water partition coefficient (Wildman–Crippen LogP) is 1.52. The molecule has 0 fully saturated rings. The maximum atomic E-state index is 12.3. The van der Waals surface area contributed by atoms with Crippen molar-refractivity contribution in [1.82, 2.24) is 19.5 Å². The zero-order chi connectivity index (χ0) is 16.4. The van der Waals surface area contributed by atoms with Gasteiger partial charge < -0.3 is 15.0 Å². The highest BCUT2D eigenvalue weighted by Gasteiger charge is 2.14. The molecular formula is C15H14ClN5O2. The monoisotopic (exact) mass is 331 g/mol. The first-order chi connectivity index (χ1) is 11.1. The van der Waals surface area contributed by atoms with Crippen LogP contribution in [0.2, 0.25) is 5.15 Å². The molecule has 3 aromatic rings. The highest BCUT2D eigenvalue weighted by atomic mass is 35.5. The van der Waals surface area contributed by atoms with E-state index in [1.165, 1.54) is 17.0 Å². The summed E-state index contributed by atoms with van der Waals surface area (Å²) < 4.78 is 1.36. The molecule has 8 heteroatoms. The number of nitrogens with one attached hydrogen (secondary N) is 1. The van der Waals surface area contributed by atoms with Crippen molar-refractivity contribution in [2.45, 2.75) is 6.10 Å². The fraction of sp³-hybridized carbons (Fsp3) is 0.200. The average Bonchev–Trinajstić information content (AvgIpc) is 2.56. The second kappa shape index (κ2) is 6.31. The number of aliphatic hydroxyl groups excluding tert-OH is 1. The van der Waals surface area contributed by atoms with Gasteiger partial charge in [-0.05, 0) is 12.1 Å². The fourth-order valence-corrected chi connectivity index (χ4v) is 2.38. The lowest BCUT2D eigenvalue weighted by atomic mass is 10.2. The van der Waals surface area contributed by atoms with E-state index in [0.29, 0.717) is 16.6 Å². The molecule has 0 aliphatic heterocycles. The predicted molar refractivity (Wildman–Crippen MR) is 87.5 cm³/mol. The molecular weight excluding hydrogens is 318 g/mol. The number of anilines is 1. The smallest absolute Gasteiger partial charge is 0.264 e. The minimum atomic E-state index is -0.840. The van der Waals surface area contributed by atoms with Crippen LogP contribution >= 0.6 is 11.6 Å². The summed E-state index contributed by atoms with van der Waals surface area (Å²) in [5.41, 5.74) is 0.731. The number of halogens is 1. The molecule has 0 aliphatic carbocycles. The van der Waals surface area contributed by atoms with Crippen LogP contribution in [-0.4, -0.2) is 31.2 Å². The summed E-state index contributed by atoms with van der Waals surface area (Å²) in [5, 5.41) is 13.7. The number of rotatable bonds is 4. The topological polar surface area (TPSA) is 92.9 Å². The number of fused-ring (bicyclic) bond motifs is 1. The van der Waals surface area contributed by atoms with E-state index in [1.54, 1.807) is 31.4 Å². The Morgan fingerprint density at radius 3 is 2.96 bits per heavy atom. The summed E-state index contributed by atoms with van der Waals surface area (Å²) in [4.78, 5) is 24.7. The molecule has 0 saturated heterocycles. The molecule has 0 spiro atoms. The highest BCUT2D eigenvalue weighted by molar-refractivity contribution is 6.30. The average molecular weight is 332 g/mol. The molecule has 2 N–H and O–H groups in total. The minimum Gasteiger partial charge on any atom is -0.385 e. The van der Waals surface area contributed by atoms with Gasteiger partial charge in [0.15, 0.2) is 0 Å². The molecule has 0 radical (unpaired) electrons. The molecule has 0 amide bonds.